The predicted octanol–water partition coefficient (Wildman–Crippen LogP) is 2.33. The fourth-order valence-electron chi connectivity index (χ4n) is 3.27. The number of carboxylic acids is 2. The summed E-state index contributed by atoms with van der Waals surface area (Å²) in [6.45, 7) is 4.48. The van der Waals surface area contributed by atoms with E-state index in [0.29, 0.717) is 6.04 Å². The van der Waals surface area contributed by atoms with Crippen molar-refractivity contribution in [3.63, 3.8) is 0 Å². The van der Waals surface area contributed by atoms with Crippen molar-refractivity contribution < 1.29 is 19.8 Å². The first-order chi connectivity index (χ1) is 13.5. The van der Waals surface area contributed by atoms with E-state index in [4.69, 9.17) is 19.8 Å². The van der Waals surface area contributed by atoms with Crippen LogP contribution in [0.3, 0.4) is 0 Å². The van der Waals surface area contributed by atoms with Gasteiger partial charge in [0.2, 0.25) is 0 Å². The molecule has 0 spiro atoms. The maximum atomic E-state index is 9.10. The molecule has 1 saturated heterocycles. The SMILES string of the molecule is CN(Cc1ccccc1)C1CCN(Cc2ccncc2)CC1.O=C(O)C(=O)O. The van der Waals surface area contributed by atoms with Gasteiger partial charge in [0.1, 0.15) is 0 Å². The number of hydrogen-bond acceptors (Lipinski definition) is 5. The molecule has 0 bridgehead atoms. The molecule has 3 rings (SSSR count). The summed E-state index contributed by atoms with van der Waals surface area (Å²) in [7, 11) is 2.26. The van der Waals surface area contributed by atoms with E-state index in [9.17, 15) is 0 Å². The first kappa shape index (κ1) is 21.5. The number of likely N-dealkylation sites (tertiary alicyclic amines) is 1. The second-order valence-corrected chi connectivity index (χ2v) is 6.87. The summed E-state index contributed by atoms with van der Waals surface area (Å²) in [6, 6.07) is 15.7. The molecule has 0 amide bonds. The summed E-state index contributed by atoms with van der Waals surface area (Å²) < 4.78 is 0. The zero-order valence-electron chi connectivity index (χ0n) is 16.1. The molecule has 7 heteroatoms. The highest BCUT2D eigenvalue weighted by Gasteiger charge is 2.22. The number of benzene rings is 1. The Balaban J connectivity index is 0.000000409. The Labute approximate surface area is 165 Å². The zero-order valence-corrected chi connectivity index (χ0v) is 16.1. The van der Waals surface area contributed by atoms with Gasteiger partial charge < -0.3 is 10.2 Å². The molecule has 0 radical (unpaired) electrons. The van der Waals surface area contributed by atoms with E-state index < -0.39 is 11.9 Å². The van der Waals surface area contributed by atoms with Crippen molar-refractivity contribution in [3.8, 4) is 0 Å². The van der Waals surface area contributed by atoms with Crippen molar-refractivity contribution >= 4 is 11.9 Å². The molecular formula is C21H27N3O4. The van der Waals surface area contributed by atoms with Crippen molar-refractivity contribution in [2.24, 2.45) is 0 Å². The van der Waals surface area contributed by atoms with Crippen LogP contribution in [0, 0.1) is 0 Å². The second kappa shape index (κ2) is 11.2. The average molecular weight is 385 g/mol. The highest BCUT2D eigenvalue weighted by molar-refractivity contribution is 6.27. The van der Waals surface area contributed by atoms with Gasteiger partial charge in [0, 0.05) is 31.5 Å². The average Bonchev–Trinajstić information content (AvgIpc) is 2.70. The quantitative estimate of drug-likeness (QED) is 0.763. The van der Waals surface area contributed by atoms with Gasteiger partial charge in [-0.3, -0.25) is 14.8 Å². The van der Waals surface area contributed by atoms with Crippen LogP contribution in [0.15, 0.2) is 54.9 Å². The lowest BCUT2D eigenvalue weighted by molar-refractivity contribution is -0.159. The number of piperidine rings is 1. The molecule has 150 valence electrons. The number of carbonyl (C=O) groups is 2. The van der Waals surface area contributed by atoms with Gasteiger partial charge in [-0.05, 0) is 56.2 Å². The number of aliphatic carboxylic acids is 2. The largest absolute Gasteiger partial charge is 0.473 e. The fraction of sp³-hybridized carbons (Fsp3) is 0.381. The molecule has 1 fully saturated rings. The maximum absolute atomic E-state index is 9.10. The molecule has 0 atom stereocenters. The van der Waals surface area contributed by atoms with E-state index in [-0.39, 0.29) is 0 Å². The molecule has 1 aromatic heterocycles. The summed E-state index contributed by atoms with van der Waals surface area (Å²) in [5.41, 5.74) is 2.77. The molecule has 0 unspecified atom stereocenters. The van der Waals surface area contributed by atoms with E-state index in [0.717, 1.165) is 13.1 Å². The highest BCUT2D eigenvalue weighted by atomic mass is 16.4. The standard InChI is InChI=1S/C19H25N3.C2H2O4/c1-21(15-17-5-3-2-4-6-17)19-9-13-22(14-10-19)16-18-7-11-20-12-8-18;3-1(4)2(5)6/h2-8,11-12,19H,9-10,13-16H2,1H3;(H,3,4)(H,5,6). The molecule has 28 heavy (non-hydrogen) atoms. The summed E-state index contributed by atoms with van der Waals surface area (Å²) >= 11 is 0. The van der Waals surface area contributed by atoms with Gasteiger partial charge in [0.15, 0.2) is 0 Å². The van der Waals surface area contributed by atoms with Crippen molar-refractivity contribution in [2.75, 3.05) is 20.1 Å². The van der Waals surface area contributed by atoms with Gasteiger partial charge in [0.05, 0.1) is 0 Å². The third-order valence-electron chi connectivity index (χ3n) is 4.79. The van der Waals surface area contributed by atoms with Crippen molar-refractivity contribution in [1.82, 2.24) is 14.8 Å². The van der Waals surface area contributed by atoms with E-state index in [1.54, 1.807) is 0 Å². The molecule has 0 saturated carbocycles. The van der Waals surface area contributed by atoms with E-state index in [1.807, 2.05) is 12.4 Å². The van der Waals surface area contributed by atoms with Crippen LogP contribution in [0.4, 0.5) is 0 Å². The lowest BCUT2D eigenvalue weighted by Gasteiger charge is -2.36. The minimum absolute atomic E-state index is 0.703. The van der Waals surface area contributed by atoms with Crippen LogP contribution in [0.1, 0.15) is 24.0 Å². The van der Waals surface area contributed by atoms with E-state index in [1.165, 1.54) is 37.1 Å². The van der Waals surface area contributed by atoms with Crippen molar-refractivity contribution in [2.45, 2.75) is 32.0 Å². The van der Waals surface area contributed by atoms with Crippen LogP contribution < -0.4 is 0 Å². The number of pyridine rings is 1. The van der Waals surface area contributed by atoms with Crippen LogP contribution in [0.2, 0.25) is 0 Å². The Morgan fingerprint density at radius 3 is 2.11 bits per heavy atom. The molecule has 2 aromatic rings. The lowest BCUT2D eigenvalue weighted by atomic mass is 10.0. The van der Waals surface area contributed by atoms with Crippen LogP contribution in [0.5, 0.6) is 0 Å². The maximum Gasteiger partial charge on any atom is 0.414 e. The number of hydrogen-bond donors (Lipinski definition) is 2. The smallest absolute Gasteiger partial charge is 0.414 e. The first-order valence-electron chi connectivity index (χ1n) is 9.27. The summed E-state index contributed by atoms with van der Waals surface area (Å²) in [6.07, 6.45) is 6.29. The monoisotopic (exact) mass is 385 g/mol. The second-order valence-electron chi connectivity index (χ2n) is 6.87. The molecular weight excluding hydrogens is 358 g/mol. The van der Waals surface area contributed by atoms with Gasteiger partial charge in [-0.2, -0.15) is 0 Å². The number of nitrogens with zero attached hydrogens (tertiary/aromatic N) is 3. The fourth-order valence-corrected chi connectivity index (χ4v) is 3.27. The summed E-state index contributed by atoms with van der Waals surface area (Å²) in [4.78, 5) is 27.4. The Bertz CT molecular complexity index is 720. The van der Waals surface area contributed by atoms with Crippen LogP contribution in [-0.4, -0.2) is 63.1 Å². The third kappa shape index (κ3) is 7.46. The Hall–Kier alpha value is -2.77. The Morgan fingerprint density at radius 2 is 1.57 bits per heavy atom. The molecule has 1 aliphatic heterocycles. The lowest BCUT2D eigenvalue weighted by Crippen LogP contribution is -2.42. The van der Waals surface area contributed by atoms with Crippen molar-refractivity contribution in [3.05, 3.63) is 66.0 Å². The molecule has 7 nitrogen and oxygen atoms in total. The van der Waals surface area contributed by atoms with E-state index in [2.05, 4.69) is 64.3 Å². The summed E-state index contributed by atoms with van der Waals surface area (Å²) in [5, 5.41) is 14.8. The van der Waals surface area contributed by atoms with Crippen LogP contribution in [-0.2, 0) is 22.7 Å². The molecule has 1 aliphatic rings. The summed E-state index contributed by atoms with van der Waals surface area (Å²) in [5.74, 6) is -3.65. The third-order valence-corrected chi connectivity index (χ3v) is 4.79. The van der Waals surface area contributed by atoms with Gasteiger partial charge in [0.25, 0.3) is 0 Å². The minimum Gasteiger partial charge on any atom is -0.473 e. The molecule has 2 N–H and O–H groups in total. The van der Waals surface area contributed by atoms with Gasteiger partial charge in [-0.15, -0.1) is 0 Å². The van der Waals surface area contributed by atoms with Gasteiger partial charge >= 0.3 is 11.9 Å². The van der Waals surface area contributed by atoms with Crippen LogP contribution >= 0.6 is 0 Å². The normalized spacial score (nSPS) is 14.9. The van der Waals surface area contributed by atoms with Crippen molar-refractivity contribution in [1.29, 1.82) is 0 Å². The molecule has 2 heterocycles. The van der Waals surface area contributed by atoms with E-state index >= 15 is 0 Å². The predicted molar refractivity (Wildman–Crippen MR) is 106 cm³/mol. The minimum atomic E-state index is -1.82. The molecule has 0 aliphatic carbocycles. The highest BCUT2D eigenvalue weighted by Crippen LogP contribution is 2.19. The number of carboxylic acid groups (broad SMARTS) is 2. The van der Waals surface area contributed by atoms with Crippen LogP contribution in [0.25, 0.3) is 0 Å². The topological polar surface area (TPSA) is 94.0 Å². The zero-order chi connectivity index (χ0) is 20.4. The number of aromatic nitrogens is 1. The molecule has 1 aromatic carbocycles. The van der Waals surface area contributed by atoms with Gasteiger partial charge in [-0.25, -0.2) is 9.59 Å². The Morgan fingerprint density at radius 1 is 1.00 bits per heavy atom. The first-order valence-corrected chi connectivity index (χ1v) is 9.27. The number of rotatable bonds is 5. The Kier molecular flexibility index (Phi) is 8.58. The van der Waals surface area contributed by atoms with Gasteiger partial charge in [-0.1, -0.05) is 30.3 Å².